The highest BCUT2D eigenvalue weighted by molar-refractivity contribution is 5.66. The Balaban J connectivity index is 2.11. The van der Waals surface area contributed by atoms with Gasteiger partial charge in [-0.2, -0.15) is 0 Å². The lowest BCUT2D eigenvalue weighted by atomic mass is 10.1. The molecule has 1 saturated heterocycles. The maximum atomic E-state index is 10.5. The van der Waals surface area contributed by atoms with Crippen LogP contribution in [0.4, 0.5) is 0 Å². The molecule has 0 amide bonds. The standard InChI is InChI=1S/C12H18O3/c1-10(6-7-15-11(2)13)4-3-5-12-8-14-9-12/h5-6H,3-4,7-9H2,1-2H3/b10-6+. The Kier molecular flexibility index (Phi) is 5.12. The van der Waals surface area contributed by atoms with Crippen molar-refractivity contribution in [3.8, 4) is 0 Å². The summed E-state index contributed by atoms with van der Waals surface area (Å²) in [7, 11) is 0. The number of esters is 1. The summed E-state index contributed by atoms with van der Waals surface area (Å²) in [4.78, 5) is 10.5. The van der Waals surface area contributed by atoms with Crippen LogP contribution in [0, 0.1) is 0 Å². The molecular formula is C12H18O3. The average molecular weight is 210 g/mol. The molecule has 0 aliphatic carbocycles. The van der Waals surface area contributed by atoms with Crippen molar-refractivity contribution in [2.75, 3.05) is 19.8 Å². The Bertz CT molecular complexity index is 271. The Morgan fingerprint density at radius 1 is 1.47 bits per heavy atom. The van der Waals surface area contributed by atoms with Crippen molar-refractivity contribution in [2.24, 2.45) is 0 Å². The number of carbonyl (C=O) groups excluding carboxylic acids is 1. The van der Waals surface area contributed by atoms with Gasteiger partial charge in [0.15, 0.2) is 0 Å². The van der Waals surface area contributed by atoms with E-state index >= 15 is 0 Å². The molecule has 84 valence electrons. The van der Waals surface area contributed by atoms with Crippen LogP contribution >= 0.6 is 0 Å². The van der Waals surface area contributed by atoms with Crippen LogP contribution in [0.15, 0.2) is 23.3 Å². The number of allylic oxidation sites excluding steroid dienone is 2. The van der Waals surface area contributed by atoms with Crippen LogP contribution in [0.1, 0.15) is 26.7 Å². The molecule has 1 rings (SSSR count). The lowest BCUT2D eigenvalue weighted by Gasteiger charge is -2.17. The molecule has 1 aliphatic rings. The predicted octanol–water partition coefficient (Wildman–Crippen LogP) is 2.23. The number of carbonyl (C=O) groups is 1. The van der Waals surface area contributed by atoms with E-state index in [0.717, 1.165) is 26.1 Å². The minimum Gasteiger partial charge on any atom is -0.462 e. The average Bonchev–Trinajstić information content (AvgIpc) is 2.08. The zero-order valence-corrected chi connectivity index (χ0v) is 9.41. The van der Waals surface area contributed by atoms with E-state index < -0.39 is 0 Å². The van der Waals surface area contributed by atoms with E-state index in [2.05, 4.69) is 13.0 Å². The highest BCUT2D eigenvalue weighted by Crippen LogP contribution is 2.12. The molecule has 3 nitrogen and oxygen atoms in total. The molecule has 0 atom stereocenters. The molecule has 1 heterocycles. The van der Waals surface area contributed by atoms with Crippen molar-refractivity contribution in [3.05, 3.63) is 23.3 Å². The first-order chi connectivity index (χ1) is 7.18. The van der Waals surface area contributed by atoms with Gasteiger partial charge in [0.05, 0.1) is 13.2 Å². The molecule has 0 bridgehead atoms. The Labute approximate surface area is 90.8 Å². The summed E-state index contributed by atoms with van der Waals surface area (Å²) in [5.41, 5.74) is 2.65. The normalized spacial score (nSPS) is 15.9. The second-order valence-corrected chi connectivity index (χ2v) is 3.75. The summed E-state index contributed by atoms with van der Waals surface area (Å²) in [6, 6.07) is 0. The van der Waals surface area contributed by atoms with Gasteiger partial charge in [0.1, 0.15) is 6.61 Å². The fourth-order valence-corrected chi connectivity index (χ4v) is 1.25. The monoisotopic (exact) mass is 210 g/mol. The molecule has 3 heteroatoms. The van der Waals surface area contributed by atoms with Crippen LogP contribution in [0.25, 0.3) is 0 Å². The van der Waals surface area contributed by atoms with Gasteiger partial charge in [-0.1, -0.05) is 11.6 Å². The summed E-state index contributed by atoms with van der Waals surface area (Å²) < 4.78 is 9.86. The fraction of sp³-hybridized carbons (Fsp3) is 0.583. The van der Waals surface area contributed by atoms with Crippen molar-refractivity contribution in [1.29, 1.82) is 0 Å². The van der Waals surface area contributed by atoms with Crippen molar-refractivity contribution in [1.82, 2.24) is 0 Å². The topological polar surface area (TPSA) is 35.5 Å². The molecule has 0 unspecified atom stereocenters. The fourth-order valence-electron chi connectivity index (χ4n) is 1.25. The first-order valence-corrected chi connectivity index (χ1v) is 5.23. The van der Waals surface area contributed by atoms with Gasteiger partial charge in [0, 0.05) is 6.92 Å². The molecule has 0 aromatic rings. The molecule has 0 aromatic heterocycles. The third kappa shape index (κ3) is 5.37. The van der Waals surface area contributed by atoms with Crippen molar-refractivity contribution >= 4 is 5.97 Å². The molecule has 0 radical (unpaired) electrons. The van der Waals surface area contributed by atoms with Crippen LogP contribution in [0.2, 0.25) is 0 Å². The number of rotatable bonds is 5. The molecule has 0 aromatic carbocycles. The molecule has 0 saturated carbocycles. The van der Waals surface area contributed by atoms with Gasteiger partial charge in [-0.05, 0) is 31.4 Å². The van der Waals surface area contributed by atoms with Crippen molar-refractivity contribution in [3.63, 3.8) is 0 Å². The zero-order chi connectivity index (χ0) is 11.1. The minimum atomic E-state index is -0.229. The van der Waals surface area contributed by atoms with Gasteiger partial charge in [-0.15, -0.1) is 0 Å². The van der Waals surface area contributed by atoms with Crippen LogP contribution in [0.5, 0.6) is 0 Å². The summed E-state index contributed by atoms with van der Waals surface area (Å²) in [5, 5.41) is 0. The van der Waals surface area contributed by atoms with Crippen LogP contribution < -0.4 is 0 Å². The first kappa shape index (κ1) is 12.0. The SMILES string of the molecule is CC(=O)OC/C=C(\C)CCC=C1COC1. The molecule has 15 heavy (non-hydrogen) atoms. The third-order valence-electron chi connectivity index (χ3n) is 2.26. The van der Waals surface area contributed by atoms with E-state index in [-0.39, 0.29) is 5.97 Å². The summed E-state index contributed by atoms with van der Waals surface area (Å²) >= 11 is 0. The Morgan fingerprint density at radius 2 is 2.20 bits per heavy atom. The maximum Gasteiger partial charge on any atom is 0.302 e. The predicted molar refractivity (Wildman–Crippen MR) is 58.5 cm³/mol. The number of hydrogen-bond acceptors (Lipinski definition) is 3. The number of ether oxygens (including phenoxy) is 2. The summed E-state index contributed by atoms with van der Waals surface area (Å²) in [6.45, 7) is 5.47. The van der Waals surface area contributed by atoms with Crippen LogP contribution in [0.3, 0.4) is 0 Å². The smallest absolute Gasteiger partial charge is 0.302 e. The third-order valence-corrected chi connectivity index (χ3v) is 2.26. The van der Waals surface area contributed by atoms with E-state index in [1.165, 1.54) is 18.1 Å². The molecule has 1 aliphatic heterocycles. The molecule has 0 N–H and O–H groups in total. The van der Waals surface area contributed by atoms with Gasteiger partial charge in [-0.3, -0.25) is 4.79 Å². The Hall–Kier alpha value is -1.09. The second kappa shape index (κ2) is 6.40. The second-order valence-electron chi connectivity index (χ2n) is 3.75. The van der Waals surface area contributed by atoms with Gasteiger partial charge in [0.25, 0.3) is 0 Å². The Morgan fingerprint density at radius 3 is 2.73 bits per heavy atom. The quantitative estimate of drug-likeness (QED) is 0.515. The highest BCUT2D eigenvalue weighted by atomic mass is 16.5. The van der Waals surface area contributed by atoms with E-state index in [4.69, 9.17) is 9.47 Å². The minimum absolute atomic E-state index is 0.229. The van der Waals surface area contributed by atoms with E-state index in [9.17, 15) is 4.79 Å². The maximum absolute atomic E-state index is 10.5. The molecule has 1 fully saturated rings. The molecular weight excluding hydrogens is 192 g/mol. The van der Waals surface area contributed by atoms with Gasteiger partial charge < -0.3 is 9.47 Å². The summed E-state index contributed by atoms with van der Waals surface area (Å²) in [5.74, 6) is -0.229. The zero-order valence-electron chi connectivity index (χ0n) is 9.41. The lowest BCUT2D eigenvalue weighted by Crippen LogP contribution is -2.15. The lowest BCUT2D eigenvalue weighted by molar-refractivity contribution is -0.139. The van der Waals surface area contributed by atoms with E-state index in [0.29, 0.717) is 6.61 Å². The van der Waals surface area contributed by atoms with Crippen molar-refractivity contribution in [2.45, 2.75) is 26.7 Å². The number of hydrogen-bond donors (Lipinski definition) is 0. The molecule has 0 spiro atoms. The van der Waals surface area contributed by atoms with E-state index in [1.807, 2.05) is 6.08 Å². The summed E-state index contributed by atoms with van der Waals surface area (Å²) in [6.07, 6.45) is 6.25. The van der Waals surface area contributed by atoms with Gasteiger partial charge in [0.2, 0.25) is 0 Å². The van der Waals surface area contributed by atoms with Gasteiger partial charge >= 0.3 is 5.97 Å². The van der Waals surface area contributed by atoms with Crippen LogP contribution in [-0.2, 0) is 14.3 Å². The largest absolute Gasteiger partial charge is 0.462 e. The first-order valence-electron chi connectivity index (χ1n) is 5.23. The van der Waals surface area contributed by atoms with Crippen molar-refractivity contribution < 1.29 is 14.3 Å². The van der Waals surface area contributed by atoms with E-state index in [1.54, 1.807) is 0 Å². The van der Waals surface area contributed by atoms with Crippen LogP contribution in [-0.4, -0.2) is 25.8 Å². The van der Waals surface area contributed by atoms with Gasteiger partial charge in [-0.25, -0.2) is 0 Å². The highest BCUT2D eigenvalue weighted by Gasteiger charge is 2.06.